The number of nitrogen functional groups attached to an aromatic ring is 1. The molecule has 2 rings (SSSR count). The Hall–Kier alpha value is -3.02. The van der Waals surface area contributed by atoms with Crippen molar-refractivity contribution in [2.24, 2.45) is 5.10 Å². The normalized spacial score (nSPS) is 10.7. The molecule has 3 N–H and O–H groups in total. The van der Waals surface area contributed by atoms with Crippen molar-refractivity contribution in [3.63, 3.8) is 0 Å². The molecule has 0 unspecified atom stereocenters. The van der Waals surface area contributed by atoms with Crippen LogP contribution in [-0.2, 0) is 16.1 Å². The number of rotatable bonds is 6. The van der Waals surface area contributed by atoms with Crippen molar-refractivity contribution in [1.29, 1.82) is 0 Å². The summed E-state index contributed by atoms with van der Waals surface area (Å²) >= 11 is 3.33. The van der Waals surface area contributed by atoms with Gasteiger partial charge in [0.15, 0.2) is 11.5 Å². The van der Waals surface area contributed by atoms with E-state index in [1.165, 1.54) is 20.2 Å². The Morgan fingerprint density at radius 1 is 1.44 bits per heavy atom. The molecule has 2 aromatic rings. The minimum Gasteiger partial charge on any atom is -0.493 e. The number of nitrogens with two attached hydrogens (primary N) is 1. The molecule has 0 aliphatic carbocycles. The highest BCUT2D eigenvalue weighted by atomic mass is 79.9. The third-order valence-electron chi connectivity index (χ3n) is 2.78. The zero-order valence-corrected chi connectivity index (χ0v) is 14.8. The highest BCUT2D eigenvalue weighted by Crippen LogP contribution is 2.33. The van der Waals surface area contributed by atoms with E-state index in [0.29, 0.717) is 15.8 Å². The maximum absolute atomic E-state index is 11.7. The van der Waals surface area contributed by atoms with E-state index in [-0.39, 0.29) is 18.2 Å². The predicted octanol–water partition coefficient (Wildman–Crippen LogP) is 0.102. The first-order valence-electron chi connectivity index (χ1n) is 6.80. The summed E-state index contributed by atoms with van der Waals surface area (Å²) < 4.78 is 11.9. The Kier molecular flexibility index (Phi) is 6.00. The molecule has 132 valence electrons. The van der Waals surface area contributed by atoms with Gasteiger partial charge in [0.25, 0.3) is 5.91 Å². The van der Waals surface area contributed by atoms with Crippen molar-refractivity contribution in [2.45, 2.75) is 13.5 Å². The van der Waals surface area contributed by atoms with Crippen LogP contribution in [0.3, 0.4) is 0 Å². The summed E-state index contributed by atoms with van der Waals surface area (Å²) in [6.07, 6.45) is 1.39. The lowest BCUT2D eigenvalue weighted by Crippen LogP contribution is -2.24. The van der Waals surface area contributed by atoms with Crippen molar-refractivity contribution in [3.8, 4) is 11.5 Å². The molecule has 1 amide bonds. The molecule has 12 heteroatoms. The van der Waals surface area contributed by atoms with Crippen molar-refractivity contribution >= 4 is 40.0 Å². The Labute approximate surface area is 150 Å². The monoisotopic (exact) mass is 411 g/mol. The van der Waals surface area contributed by atoms with Gasteiger partial charge in [-0.1, -0.05) is 5.10 Å². The van der Waals surface area contributed by atoms with E-state index in [1.807, 2.05) is 0 Å². The van der Waals surface area contributed by atoms with Crippen LogP contribution in [0.5, 0.6) is 11.5 Å². The molecule has 25 heavy (non-hydrogen) atoms. The number of methoxy groups -OCH3 is 1. The number of carbonyl (C=O) groups excluding carboxylic acids is 2. The van der Waals surface area contributed by atoms with Gasteiger partial charge in [0.1, 0.15) is 6.54 Å². The highest BCUT2D eigenvalue weighted by Gasteiger charge is 2.11. The van der Waals surface area contributed by atoms with E-state index in [4.69, 9.17) is 15.2 Å². The maximum Gasteiger partial charge on any atom is 0.308 e. The van der Waals surface area contributed by atoms with Crippen LogP contribution >= 0.6 is 15.9 Å². The Bertz CT molecular complexity index is 821. The summed E-state index contributed by atoms with van der Waals surface area (Å²) in [5.74, 6) is -0.312. The fourth-order valence-corrected chi connectivity index (χ4v) is 2.14. The highest BCUT2D eigenvalue weighted by molar-refractivity contribution is 9.10. The molecular weight excluding hydrogens is 398 g/mol. The zero-order valence-electron chi connectivity index (χ0n) is 13.3. The minimum atomic E-state index is -0.472. The molecular formula is C13H14BrN7O4. The van der Waals surface area contributed by atoms with Gasteiger partial charge in [-0.2, -0.15) is 5.10 Å². The average Bonchev–Trinajstić information content (AvgIpc) is 2.94. The number of hydrazone groups is 1. The fourth-order valence-electron chi connectivity index (χ4n) is 1.71. The third kappa shape index (κ3) is 4.97. The molecule has 11 nitrogen and oxygen atoms in total. The van der Waals surface area contributed by atoms with Gasteiger partial charge in [-0.05, 0) is 38.5 Å². The Balaban J connectivity index is 2.06. The van der Waals surface area contributed by atoms with Crippen LogP contribution in [0.2, 0.25) is 0 Å². The number of hydrogen-bond acceptors (Lipinski definition) is 9. The second-order valence-corrected chi connectivity index (χ2v) is 5.46. The lowest BCUT2D eigenvalue weighted by atomic mass is 10.2. The molecule has 0 fully saturated rings. The molecule has 1 aromatic heterocycles. The van der Waals surface area contributed by atoms with Gasteiger partial charge in [0.05, 0.1) is 13.3 Å². The average molecular weight is 412 g/mol. The second-order valence-electron chi connectivity index (χ2n) is 4.61. The van der Waals surface area contributed by atoms with E-state index >= 15 is 0 Å². The number of anilines is 1. The van der Waals surface area contributed by atoms with Gasteiger partial charge in [0.2, 0.25) is 5.95 Å². The van der Waals surface area contributed by atoms with Crippen LogP contribution < -0.4 is 20.6 Å². The molecule has 0 saturated heterocycles. The van der Waals surface area contributed by atoms with Gasteiger partial charge in [0, 0.05) is 17.0 Å². The number of esters is 1. The molecule has 1 aromatic carbocycles. The van der Waals surface area contributed by atoms with Gasteiger partial charge >= 0.3 is 5.97 Å². The number of halogens is 1. The number of nitrogens with one attached hydrogen (secondary N) is 1. The summed E-state index contributed by atoms with van der Waals surface area (Å²) in [6.45, 7) is 1.11. The quantitative estimate of drug-likeness (QED) is 0.294. The largest absolute Gasteiger partial charge is 0.493 e. The summed E-state index contributed by atoms with van der Waals surface area (Å²) in [6, 6.07) is 3.16. The van der Waals surface area contributed by atoms with E-state index in [2.05, 4.69) is 42.0 Å². The molecule has 0 bridgehead atoms. The maximum atomic E-state index is 11.7. The Morgan fingerprint density at radius 2 is 2.20 bits per heavy atom. The van der Waals surface area contributed by atoms with Gasteiger partial charge in [-0.25, -0.2) is 10.1 Å². The first kappa shape index (κ1) is 18.3. The third-order valence-corrected chi connectivity index (χ3v) is 3.47. The lowest BCUT2D eigenvalue weighted by molar-refractivity contribution is -0.132. The van der Waals surface area contributed by atoms with Crippen molar-refractivity contribution in [1.82, 2.24) is 25.6 Å². The van der Waals surface area contributed by atoms with E-state index in [9.17, 15) is 9.59 Å². The number of benzene rings is 1. The summed E-state index contributed by atoms with van der Waals surface area (Å²) in [5.41, 5.74) is 8.37. The molecule has 0 spiro atoms. The summed E-state index contributed by atoms with van der Waals surface area (Å²) in [4.78, 5) is 22.8. The molecule has 0 radical (unpaired) electrons. The first-order valence-corrected chi connectivity index (χ1v) is 7.59. The summed E-state index contributed by atoms with van der Waals surface area (Å²) in [5, 5.41) is 14.2. The van der Waals surface area contributed by atoms with Gasteiger partial charge < -0.3 is 15.2 Å². The predicted molar refractivity (Wildman–Crippen MR) is 90.0 cm³/mol. The topological polar surface area (TPSA) is 147 Å². The number of ether oxygens (including phenoxy) is 2. The van der Waals surface area contributed by atoms with Crippen molar-refractivity contribution in [3.05, 3.63) is 22.2 Å². The summed E-state index contributed by atoms with van der Waals surface area (Å²) in [7, 11) is 1.44. The minimum absolute atomic E-state index is 0.0210. The lowest BCUT2D eigenvalue weighted by Gasteiger charge is -2.10. The number of tetrazole rings is 1. The molecule has 1 heterocycles. The Morgan fingerprint density at radius 3 is 2.80 bits per heavy atom. The van der Waals surface area contributed by atoms with E-state index in [0.717, 1.165) is 4.68 Å². The molecule has 0 atom stereocenters. The SMILES string of the molecule is COc1cc(/C=N\NC(=O)Cn2nnnc2N)c(Br)cc1OC(C)=O. The van der Waals surface area contributed by atoms with Crippen LogP contribution in [0.15, 0.2) is 21.7 Å². The van der Waals surface area contributed by atoms with Crippen LogP contribution in [0, 0.1) is 0 Å². The number of carbonyl (C=O) groups is 2. The fraction of sp³-hybridized carbons (Fsp3) is 0.231. The zero-order chi connectivity index (χ0) is 18.4. The van der Waals surface area contributed by atoms with Crippen LogP contribution in [0.1, 0.15) is 12.5 Å². The first-order chi connectivity index (χ1) is 11.9. The van der Waals surface area contributed by atoms with Gasteiger partial charge in [-0.15, -0.1) is 0 Å². The molecule has 0 aliphatic heterocycles. The van der Waals surface area contributed by atoms with Crippen molar-refractivity contribution in [2.75, 3.05) is 12.8 Å². The van der Waals surface area contributed by atoms with Crippen LogP contribution in [-0.4, -0.2) is 45.4 Å². The number of aromatic nitrogens is 4. The standard InChI is InChI=1S/C13H14BrN7O4/c1-7(22)25-11-4-9(14)8(3-10(11)24-2)5-16-17-12(23)6-21-13(15)18-19-20-21/h3-5H,6H2,1-2H3,(H,17,23)(H2,15,18,20)/b16-5-. The van der Waals surface area contributed by atoms with Crippen LogP contribution in [0.25, 0.3) is 0 Å². The second kappa shape index (κ2) is 8.19. The molecule has 0 aliphatic rings. The number of nitrogens with zero attached hydrogens (tertiary/aromatic N) is 5. The van der Waals surface area contributed by atoms with Gasteiger partial charge in [-0.3, -0.25) is 9.59 Å². The molecule has 0 saturated carbocycles. The van der Waals surface area contributed by atoms with Crippen molar-refractivity contribution < 1.29 is 19.1 Å². The van der Waals surface area contributed by atoms with E-state index < -0.39 is 11.9 Å². The van der Waals surface area contributed by atoms with E-state index in [1.54, 1.807) is 12.1 Å². The smallest absolute Gasteiger partial charge is 0.308 e. The number of hydrogen-bond donors (Lipinski definition) is 2. The van der Waals surface area contributed by atoms with Crippen LogP contribution in [0.4, 0.5) is 5.95 Å². The number of amides is 1.